The summed E-state index contributed by atoms with van der Waals surface area (Å²) < 4.78 is 67.8. The number of nitrogens with zero attached hydrogens (tertiary/aromatic N) is 2. The molecule has 0 radical (unpaired) electrons. The number of carbonyl (C=O) groups excluding carboxylic acids is 1. The summed E-state index contributed by atoms with van der Waals surface area (Å²) in [5, 5.41) is 12.7. The van der Waals surface area contributed by atoms with Gasteiger partial charge in [0.05, 0.1) is 31.8 Å². The second-order valence-electron chi connectivity index (χ2n) is 9.32. The molecule has 1 amide bonds. The fourth-order valence-electron chi connectivity index (χ4n) is 4.34. The molecule has 7 nitrogen and oxygen atoms in total. The first-order valence-electron chi connectivity index (χ1n) is 12.1. The number of aliphatic hydroxyl groups is 1. The van der Waals surface area contributed by atoms with Crippen LogP contribution in [0.15, 0.2) is 48.6 Å². The van der Waals surface area contributed by atoms with E-state index in [4.69, 9.17) is 21.1 Å². The fourth-order valence-corrected chi connectivity index (χ4v) is 4.56. The van der Waals surface area contributed by atoms with Crippen molar-refractivity contribution in [3.05, 3.63) is 76.8 Å². The molecule has 3 atom stereocenters. The van der Waals surface area contributed by atoms with Crippen molar-refractivity contribution in [1.82, 2.24) is 15.3 Å². The number of allylic oxidation sites excluding steroid dienone is 4. The van der Waals surface area contributed by atoms with E-state index >= 15 is 0 Å². The molecule has 1 aliphatic rings. The second-order valence-corrected chi connectivity index (χ2v) is 9.82. The normalized spacial score (nSPS) is 18.7. The number of fused-ring (bicyclic) bond motifs is 1. The molecule has 0 saturated carbocycles. The molecule has 0 bridgehead atoms. The molecule has 0 fully saturated rings. The summed E-state index contributed by atoms with van der Waals surface area (Å²) in [6.45, 7) is 2.01. The molecule has 12 heteroatoms. The molecular weight excluding hydrogens is 554 g/mol. The van der Waals surface area contributed by atoms with Gasteiger partial charge in [0.25, 0.3) is 5.91 Å². The largest absolute Gasteiger partial charge is 0.494 e. The topological polar surface area (TPSA) is 93.6 Å². The number of aryl methyl sites for hydroxylation is 2. The molecule has 2 N–H and O–H groups in total. The lowest BCUT2D eigenvalue weighted by Gasteiger charge is -2.31. The molecule has 1 aliphatic carbocycles. The first-order chi connectivity index (χ1) is 18.8. The summed E-state index contributed by atoms with van der Waals surface area (Å²) in [4.78, 5) is 21.5. The zero-order valence-electron chi connectivity index (χ0n) is 21.9. The lowest BCUT2D eigenvalue weighted by Crippen LogP contribution is -2.51. The quantitative estimate of drug-likeness (QED) is 0.290. The Morgan fingerprint density at radius 3 is 2.48 bits per heavy atom. The van der Waals surface area contributed by atoms with Crippen LogP contribution in [0, 0.1) is 13.8 Å². The molecule has 2 heterocycles. The van der Waals surface area contributed by atoms with Crippen LogP contribution >= 0.6 is 11.6 Å². The molecule has 3 unspecified atom stereocenters. The Bertz CT molecular complexity index is 1530. The molecule has 0 spiro atoms. The van der Waals surface area contributed by atoms with E-state index in [0.29, 0.717) is 16.6 Å². The summed E-state index contributed by atoms with van der Waals surface area (Å²) in [5.41, 5.74) is -2.79. The van der Waals surface area contributed by atoms with Gasteiger partial charge in [0.2, 0.25) is 5.60 Å². The first kappa shape index (κ1) is 29.3. The van der Waals surface area contributed by atoms with Gasteiger partial charge in [-0.3, -0.25) is 4.79 Å². The van der Waals surface area contributed by atoms with Crippen LogP contribution in [0.25, 0.3) is 16.5 Å². The van der Waals surface area contributed by atoms with Gasteiger partial charge in [-0.1, -0.05) is 18.2 Å². The van der Waals surface area contributed by atoms with Gasteiger partial charge >= 0.3 is 6.18 Å². The zero-order chi connectivity index (χ0) is 29.4. The molecular formula is C28H26ClF4N3O4. The highest BCUT2D eigenvalue weighted by Crippen LogP contribution is 2.41. The smallest absolute Gasteiger partial charge is 0.424 e. The van der Waals surface area contributed by atoms with Gasteiger partial charge in [0, 0.05) is 22.2 Å². The Morgan fingerprint density at radius 1 is 1.12 bits per heavy atom. The molecule has 3 aromatic rings. The van der Waals surface area contributed by atoms with Gasteiger partial charge in [0.1, 0.15) is 28.9 Å². The van der Waals surface area contributed by atoms with E-state index in [9.17, 15) is 27.5 Å². The Hall–Kier alpha value is -3.70. The number of ether oxygens (including phenoxy) is 2. The minimum atomic E-state index is -5.25. The number of methoxy groups -OCH3 is 2. The van der Waals surface area contributed by atoms with Crippen molar-refractivity contribution in [3.8, 4) is 11.5 Å². The highest BCUT2D eigenvalue weighted by Gasteiger charge is 2.56. The molecule has 0 saturated heterocycles. The van der Waals surface area contributed by atoms with E-state index in [-0.39, 0.29) is 33.9 Å². The van der Waals surface area contributed by atoms with Crippen LogP contribution in [-0.2, 0) is 5.60 Å². The Kier molecular flexibility index (Phi) is 8.09. The lowest BCUT2D eigenvalue weighted by atomic mass is 9.94. The van der Waals surface area contributed by atoms with Crippen molar-refractivity contribution >= 4 is 34.0 Å². The lowest BCUT2D eigenvalue weighted by molar-refractivity contribution is -0.265. The van der Waals surface area contributed by atoms with Crippen LogP contribution in [0.1, 0.15) is 33.0 Å². The number of nitrogens with one attached hydrogen (secondary N) is 1. The van der Waals surface area contributed by atoms with Crippen molar-refractivity contribution in [1.29, 1.82) is 0 Å². The van der Waals surface area contributed by atoms with E-state index in [2.05, 4.69) is 15.3 Å². The minimum Gasteiger partial charge on any atom is -0.494 e. The summed E-state index contributed by atoms with van der Waals surface area (Å²) in [5.74, 6) is -0.497. The number of aromatic nitrogens is 2. The number of alkyl halides is 5. The van der Waals surface area contributed by atoms with Gasteiger partial charge in [-0.05, 0) is 49.8 Å². The Balaban J connectivity index is 1.72. The number of hydrogen-bond acceptors (Lipinski definition) is 6. The highest BCUT2D eigenvalue weighted by atomic mass is 35.5. The number of halogens is 5. The minimum absolute atomic E-state index is 0.00511. The molecule has 4 rings (SSSR count). The van der Waals surface area contributed by atoms with Crippen LogP contribution < -0.4 is 14.8 Å². The van der Waals surface area contributed by atoms with Crippen molar-refractivity contribution in [2.45, 2.75) is 37.2 Å². The summed E-state index contributed by atoms with van der Waals surface area (Å²) in [7, 11) is 2.69. The molecule has 1 aromatic carbocycles. The van der Waals surface area contributed by atoms with Crippen LogP contribution in [0.2, 0.25) is 0 Å². The van der Waals surface area contributed by atoms with Gasteiger partial charge in [0.15, 0.2) is 0 Å². The molecule has 212 valence electrons. The van der Waals surface area contributed by atoms with E-state index in [1.165, 1.54) is 45.4 Å². The molecule has 2 aromatic heterocycles. The van der Waals surface area contributed by atoms with E-state index in [1.807, 2.05) is 0 Å². The summed E-state index contributed by atoms with van der Waals surface area (Å²) in [6.07, 6.45) is -2.95. The van der Waals surface area contributed by atoms with Crippen molar-refractivity contribution in [2.24, 2.45) is 0 Å². The second kappa shape index (κ2) is 11.1. The van der Waals surface area contributed by atoms with Crippen LogP contribution in [0.5, 0.6) is 11.5 Å². The molecule has 0 aliphatic heterocycles. The first-order valence-corrected chi connectivity index (χ1v) is 12.5. The third kappa shape index (κ3) is 5.48. The predicted octanol–water partition coefficient (Wildman–Crippen LogP) is 5.34. The Morgan fingerprint density at radius 2 is 1.85 bits per heavy atom. The number of hydrogen-bond donors (Lipinski definition) is 2. The third-order valence-electron chi connectivity index (χ3n) is 6.52. The van der Waals surface area contributed by atoms with Crippen molar-refractivity contribution in [2.75, 3.05) is 20.8 Å². The number of benzene rings is 1. The predicted molar refractivity (Wildman–Crippen MR) is 142 cm³/mol. The average Bonchev–Trinajstić information content (AvgIpc) is 2.91. The van der Waals surface area contributed by atoms with Crippen LogP contribution in [-0.4, -0.2) is 59.5 Å². The van der Waals surface area contributed by atoms with Crippen LogP contribution in [0.3, 0.4) is 0 Å². The number of rotatable bonds is 7. The van der Waals surface area contributed by atoms with Gasteiger partial charge in [-0.25, -0.2) is 14.4 Å². The number of carbonyl (C=O) groups is 1. The number of pyridine rings is 2. The zero-order valence-corrected chi connectivity index (χ0v) is 22.7. The van der Waals surface area contributed by atoms with Gasteiger partial charge < -0.3 is 19.9 Å². The maximum atomic E-state index is 14.4. The highest BCUT2D eigenvalue weighted by molar-refractivity contribution is 6.23. The number of amides is 1. The van der Waals surface area contributed by atoms with Crippen LogP contribution in [0.4, 0.5) is 17.6 Å². The summed E-state index contributed by atoms with van der Waals surface area (Å²) >= 11 is 6.00. The summed E-state index contributed by atoms with van der Waals surface area (Å²) in [6, 6.07) is 7.27. The fraction of sp³-hybridized carbons (Fsp3) is 0.321. The standard InChI is InChI=1S/C28H26ClF4N3O4/c1-14-9-22(36-24(25(14)40-4)17-7-8-20(30)19(29)11-17)27(38,28(31,32)33)13-34-26(37)18-10-16-6-5-15(2)35-23(16)21(12-18)39-3/h5-12,19-20,38H,13H2,1-4H3,(H,34,37). The molecule has 40 heavy (non-hydrogen) atoms. The van der Waals surface area contributed by atoms with Crippen molar-refractivity contribution < 1.29 is 36.9 Å². The maximum Gasteiger partial charge on any atom is 0.424 e. The van der Waals surface area contributed by atoms with Gasteiger partial charge in [-0.15, -0.1) is 11.6 Å². The van der Waals surface area contributed by atoms with E-state index in [0.717, 1.165) is 12.1 Å². The third-order valence-corrected chi connectivity index (χ3v) is 6.88. The van der Waals surface area contributed by atoms with E-state index in [1.54, 1.807) is 19.1 Å². The van der Waals surface area contributed by atoms with Gasteiger partial charge in [-0.2, -0.15) is 13.2 Å². The Labute approximate surface area is 232 Å². The SMILES string of the molecule is COc1c(C)cc(C(O)(CNC(=O)c2cc(OC)c3nc(C)ccc3c2)C(F)(F)F)nc1C1=CC(Cl)C(F)C=C1. The van der Waals surface area contributed by atoms with Crippen molar-refractivity contribution in [3.63, 3.8) is 0 Å². The average molecular weight is 580 g/mol. The monoisotopic (exact) mass is 579 g/mol. The van der Waals surface area contributed by atoms with E-state index < -0.39 is 41.5 Å². The maximum absolute atomic E-state index is 14.4.